The number of morpholine rings is 1. The highest BCUT2D eigenvalue weighted by Crippen LogP contribution is 2.09. The standard InChI is InChI=1S/C10H22N2O/c1-3-10(6-11)8-12-4-5-13-9(2)7-12/h9-10H,3-8,11H2,1-2H3. The van der Waals surface area contributed by atoms with Gasteiger partial charge < -0.3 is 10.5 Å². The van der Waals surface area contributed by atoms with Crippen molar-refractivity contribution in [2.45, 2.75) is 26.4 Å². The highest BCUT2D eigenvalue weighted by atomic mass is 16.5. The van der Waals surface area contributed by atoms with E-state index in [1.807, 2.05) is 0 Å². The number of nitrogens with zero attached hydrogens (tertiary/aromatic N) is 1. The molecule has 13 heavy (non-hydrogen) atoms. The zero-order valence-corrected chi connectivity index (χ0v) is 8.83. The van der Waals surface area contributed by atoms with E-state index < -0.39 is 0 Å². The maximum Gasteiger partial charge on any atom is 0.0674 e. The van der Waals surface area contributed by atoms with Crippen LogP contribution in [-0.4, -0.2) is 43.8 Å². The zero-order chi connectivity index (χ0) is 9.68. The molecule has 1 rings (SSSR count). The molecule has 0 saturated carbocycles. The van der Waals surface area contributed by atoms with Gasteiger partial charge in [0.1, 0.15) is 0 Å². The van der Waals surface area contributed by atoms with E-state index in [-0.39, 0.29) is 0 Å². The molecule has 0 spiro atoms. The molecule has 1 heterocycles. The average Bonchev–Trinajstić information content (AvgIpc) is 2.14. The Kier molecular flexibility index (Phi) is 4.70. The summed E-state index contributed by atoms with van der Waals surface area (Å²) in [4.78, 5) is 2.47. The predicted octanol–water partition coefficient (Wildman–Crippen LogP) is 0.692. The molecule has 1 saturated heterocycles. The fourth-order valence-electron chi connectivity index (χ4n) is 1.79. The normalized spacial score (nSPS) is 27.5. The lowest BCUT2D eigenvalue weighted by atomic mass is 10.1. The van der Waals surface area contributed by atoms with Crippen LogP contribution in [0, 0.1) is 5.92 Å². The molecular weight excluding hydrogens is 164 g/mol. The van der Waals surface area contributed by atoms with Gasteiger partial charge in [0.25, 0.3) is 0 Å². The maximum absolute atomic E-state index is 5.68. The SMILES string of the molecule is CCC(CN)CN1CCOC(C)C1. The second-order valence-corrected chi connectivity index (χ2v) is 3.95. The molecule has 0 bridgehead atoms. The van der Waals surface area contributed by atoms with E-state index in [1.165, 1.54) is 6.42 Å². The summed E-state index contributed by atoms with van der Waals surface area (Å²) in [5.41, 5.74) is 5.68. The first-order chi connectivity index (χ1) is 6.26. The smallest absolute Gasteiger partial charge is 0.0674 e. The van der Waals surface area contributed by atoms with E-state index in [0.29, 0.717) is 12.0 Å². The van der Waals surface area contributed by atoms with Crippen molar-refractivity contribution >= 4 is 0 Å². The summed E-state index contributed by atoms with van der Waals surface area (Å²) in [6.45, 7) is 9.30. The van der Waals surface area contributed by atoms with Gasteiger partial charge in [0.05, 0.1) is 12.7 Å². The quantitative estimate of drug-likeness (QED) is 0.702. The molecule has 2 unspecified atom stereocenters. The van der Waals surface area contributed by atoms with E-state index in [4.69, 9.17) is 10.5 Å². The zero-order valence-electron chi connectivity index (χ0n) is 8.83. The predicted molar refractivity (Wildman–Crippen MR) is 54.7 cm³/mol. The lowest BCUT2D eigenvalue weighted by Gasteiger charge is -2.33. The van der Waals surface area contributed by atoms with E-state index in [2.05, 4.69) is 18.7 Å². The van der Waals surface area contributed by atoms with Crippen LogP contribution < -0.4 is 5.73 Å². The lowest BCUT2D eigenvalue weighted by molar-refractivity contribution is -0.0228. The molecule has 1 aliphatic rings. The number of hydrogen-bond acceptors (Lipinski definition) is 3. The second kappa shape index (κ2) is 5.58. The molecule has 3 nitrogen and oxygen atoms in total. The third-order valence-electron chi connectivity index (χ3n) is 2.75. The topological polar surface area (TPSA) is 38.5 Å². The molecule has 0 radical (unpaired) electrons. The Balaban J connectivity index is 2.26. The maximum atomic E-state index is 5.68. The third kappa shape index (κ3) is 3.63. The van der Waals surface area contributed by atoms with Gasteiger partial charge in [-0.25, -0.2) is 0 Å². The first-order valence-corrected chi connectivity index (χ1v) is 5.30. The molecule has 0 amide bonds. The van der Waals surface area contributed by atoms with Crippen LogP contribution in [0.2, 0.25) is 0 Å². The van der Waals surface area contributed by atoms with E-state index in [9.17, 15) is 0 Å². The lowest BCUT2D eigenvalue weighted by Crippen LogP contribution is -2.44. The van der Waals surface area contributed by atoms with Gasteiger partial charge in [-0.05, 0) is 19.4 Å². The summed E-state index contributed by atoms with van der Waals surface area (Å²) >= 11 is 0. The minimum atomic E-state index is 0.393. The summed E-state index contributed by atoms with van der Waals surface area (Å²) in [6, 6.07) is 0. The fraction of sp³-hybridized carbons (Fsp3) is 1.00. The Morgan fingerprint density at radius 1 is 1.62 bits per heavy atom. The number of rotatable bonds is 4. The highest BCUT2D eigenvalue weighted by Gasteiger charge is 2.18. The molecule has 78 valence electrons. The minimum Gasteiger partial charge on any atom is -0.376 e. The molecular formula is C10H22N2O. The Morgan fingerprint density at radius 3 is 2.92 bits per heavy atom. The van der Waals surface area contributed by atoms with Crippen molar-refractivity contribution in [2.24, 2.45) is 11.7 Å². The van der Waals surface area contributed by atoms with Gasteiger partial charge in [-0.1, -0.05) is 13.3 Å². The van der Waals surface area contributed by atoms with Gasteiger partial charge in [0.2, 0.25) is 0 Å². The van der Waals surface area contributed by atoms with E-state index in [0.717, 1.165) is 32.8 Å². The average molecular weight is 186 g/mol. The fourth-order valence-corrected chi connectivity index (χ4v) is 1.79. The van der Waals surface area contributed by atoms with Gasteiger partial charge in [0, 0.05) is 19.6 Å². The Labute approximate surface area is 81.2 Å². The van der Waals surface area contributed by atoms with Crippen molar-refractivity contribution < 1.29 is 4.74 Å². The number of hydrogen-bond donors (Lipinski definition) is 1. The van der Waals surface area contributed by atoms with Crippen molar-refractivity contribution in [2.75, 3.05) is 32.8 Å². The summed E-state index contributed by atoms with van der Waals surface area (Å²) < 4.78 is 5.48. The van der Waals surface area contributed by atoms with Gasteiger partial charge in [-0.15, -0.1) is 0 Å². The summed E-state index contributed by atoms with van der Waals surface area (Å²) in [5, 5.41) is 0. The molecule has 2 atom stereocenters. The van der Waals surface area contributed by atoms with Crippen LogP contribution in [0.3, 0.4) is 0 Å². The molecule has 1 aliphatic heterocycles. The third-order valence-corrected chi connectivity index (χ3v) is 2.75. The summed E-state index contributed by atoms with van der Waals surface area (Å²) in [6.07, 6.45) is 1.58. The first kappa shape index (κ1) is 11.0. The largest absolute Gasteiger partial charge is 0.376 e. The van der Waals surface area contributed by atoms with Crippen molar-refractivity contribution in [1.29, 1.82) is 0 Å². The van der Waals surface area contributed by atoms with Crippen molar-refractivity contribution in [1.82, 2.24) is 4.90 Å². The summed E-state index contributed by atoms with van der Waals surface area (Å²) in [7, 11) is 0. The Morgan fingerprint density at radius 2 is 2.38 bits per heavy atom. The highest BCUT2D eigenvalue weighted by molar-refractivity contribution is 4.71. The molecule has 1 fully saturated rings. The van der Waals surface area contributed by atoms with Crippen LogP contribution in [-0.2, 0) is 4.74 Å². The second-order valence-electron chi connectivity index (χ2n) is 3.95. The minimum absolute atomic E-state index is 0.393. The monoisotopic (exact) mass is 186 g/mol. The van der Waals surface area contributed by atoms with E-state index in [1.54, 1.807) is 0 Å². The van der Waals surface area contributed by atoms with Crippen LogP contribution in [0.15, 0.2) is 0 Å². The van der Waals surface area contributed by atoms with E-state index >= 15 is 0 Å². The van der Waals surface area contributed by atoms with Gasteiger partial charge in [-0.2, -0.15) is 0 Å². The molecule has 0 aromatic carbocycles. The van der Waals surface area contributed by atoms with Gasteiger partial charge in [-0.3, -0.25) is 4.90 Å². The molecule has 0 aromatic rings. The van der Waals surface area contributed by atoms with Crippen molar-refractivity contribution in [3.05, 3.63) is 0 Å². The Hall–Kier alpha value is -0.120. The molecule has 0 aromatic heterocycles. The number of ether oxygens (including phenoxy) is 1. The molecule has 3 heteroatoms. The molecule has 0 aliphatic carbocycles. The van der Waals surface area contributed by atoms with Gasteiger partial charge >= 0.3 is 0 Å². The van der Waals surface area contributed by atoms with Crippen LogP contribution in [0.4, 0.5) is 0 Å². The van der Waals surface area contributed by atoms with Crippen LogP contribution in [0.1, 0.15) is 20.3 Å². The number of nitrogens with two attached hydrogens (primary N) is 1. The van der Waals surface area contributed by atoms with Crippen molar-refractivity contribution in [3.8, 4) is 0 Å². The summed E-state index contributed by atoms with van der Waals surface area (Å²) in [5.74, 6) is 0.658. The Bertz CT molecular complexity index is 137. The van der Waals surface area contributed by atoms with Crippen LogP contribution in [0.5, 0.6) is 0 Å². The van der Waals surface area contributed by atoms with Crippen LogP contribution >= 0.6 is 0 Å². The molecule has 2 N–H and O–H groups in total. The van der Waals surface area contributed by atoms with Crippen LogP contribution in [0.25, 0.3) is 0 Å². The van der Waals surface area contributed by atoms with Crippen molar-refractivity contribution in [3.63, 3.8) is 0 Å². The first-order valence-electron chi connectivity index (χ1n) is 5.30. The van der Waals surface area contributed by atoms with Gasteiger partial charge in [0.15, 0.2) is 0 Å².